The number of anilines is 1. The van der Waals surface area contributed by atoms with E-state index in [0.717, 1.165) is 6.07 Å². The number of halogens is 1. The maximum atomic E-state index is 13.2. The number of nitrogens with two attached hydrogens (primary N) is 2. The molecular weight excluding hydrogens is 249 g/mol. The van der Waals surface area contributed by atoms with E-state index in [1.807, 2.05) is 6.92 Å². The van der Waals surface area contributed by atoms with E-state index >= 15 is 0 Å². The highest BCUT2D eigenvalue weighted by atomic mass is 19.1. The number of carbonyl (C=O) groups is 2. The van der Waals surface area contributed by atoms with Gasteiger partial charge in [0.25, 0.3) is 5.91 Å². The molecule has 19 heavy (non-hydrogen) atoms. The van der Waals surface area contributed by atoms with Crippen LogP contribution in [0, 0.1) is 11.7 Å². The molecule has 0 aliphatic rings. The lowest BCUT2D eigenvalue weighted by Gasteiger charge is -2.09. The molecule has 1 rings (SSSR count). The topological polar surface area (TPSA) is 98.2 Å². The van der Waals surface area contributed by atoms with Crippen LogP contribution in [0.25, 0.3) is 0 Å². The summed E-state index contributed by atoms with van der Waals surface area (Å²) in [6.07, 6.45) is 0.994. The predicted molar refractivity (Wildman–Crippen MR) is 71.0 cm³/mol. The second-order valence-electron chi connectivity index (χ2n) is 4.49. The third kappa shape index (κ3) is 4.67. The van der Waals surface area contributed by atoms with E-state index in [1.165, 1.54) is 12.1 Å². The lowest BCUT2D eigenvalue weighted by atomic mass is 10.1. The molecule has 5 nitrogen and oxygen atoms in total. The van der Waals surface area contributed by atoms with Crippen molar-refractivity contribution < 1.29 is 14.0 Å². The maximum Gasteiger partial charge on any atom is 0.251 e. The third-order valence-electron chi connectivity index (χ3n) is 2.78. The first kappa shape index (κ1) is 15.1. The molecule has 0 radical (unpaired) electrons. The number of benzene rings is 1. The monoisotopic (exact) mass is 267 g/mol. The Kier molecular flexibility index (Phi) is 5.44. The van der Waals surface area contributed by atoms with Gasteiger partial charge >= 0.3 is 0 Å². The number of amides is 2. The van der Waals surface area contributed by atoms with Gasteiger partial charge < -0.3 is 16.8 Å². The van der Waals surface area contributed by atoms with Gasteiger partial charge in [0.2, 0.25) is 5.91 Å². The summed E-state index contributed by atoms with van der Waals surface area (Å²) in [7, 11) is 0. The number of nitrogens with one attached hydrogen (secondary N) is 1. The Morgan fingerprint density at radius 2 is 2.11 bits per heavy atom. The highest BCUT2D eigenvalue weighted by Gasteiger charge is 2.11. The van der Waals surface area contributed by atoms with Crippen LogP contribution < -0.4 is 16.8 Å². The zero-order valence-electron chi connectivity index (χ0n) is 10.8. The van der Waals surface area contributed by atoms with Crippen molar-refractivity contribution in [3.05, 3.63) is 29.6 Å². The van der Waals surface area contributed by atoms with Gasteiger partial charge in [-0.2, -0.15) is 0 Å². The largest absolute Gasteiger partial charge is 0.366 e. The number of primary amides is 1. The van der Waals surface area contributed by atoms with Crippen LogP contribution in [-0.4, -0.2) is 18.4 Å². The number of hydrogen-bond donors (Lipinski definition) is 3. The van der Waals surface area contributed by atoms with E-state index in [-0.39, 0.29) is 17.4 Å². The summed E-state index contributed by atoms with van der Waals surface area (Å²) in [4.78, 5) is 22.6. The molecule has 2 amide bonds. The fraction of sp³-hybridized carbons (Fsp3) is 0.385. The molecule has 1 aromatic carbocycles. The first-order chi connectivity index (χ1) is 8.93. The first-order valence-corrected chi connectivity index (χ1v) is 6.03. The molecule has 0 aromatic heterocycles. The van der Waals surface area contributed by atoms with E-state index in [4.69, 9.17) is 11.5 Å². The lowest BCUT2D eigenvalue weighted by Crippen LogP contribution is -2.17. The van der Waals surface area contributed by atoms with Crippen LogP contribution in [0.1, 0.15) is 30.1 Å². The van der Waals surface area contributed by atoms with E-state index in [2.05, 4.69) is 5.32 Å². The molecule has 0 aliphatic heterocycles. The van der Waals surface area contributed by atoms with Crippen molar-refractivity contribution in [2.45, 2.75) is 19.8 Å². The molecule has 0 spiro atoms. The third-order valence-corrected chi connectivity index (χ3v) is 2.78. The van der Waals surface area contributed by atoms with Gasteiger partial charge in [-0.3, -0.25) is 9.59 Å². The predicted octanol–water partition coefficient (Wildman–Crippen LogP) is 1.24. The summed E-state index contributed by atoms with van der Waals surface area (Å²) in [6, 6.07) is 3.70. The quantitative estimate of drug-likeness (QED) is 0.723. The zero-order chi connectivity index (χ0) is 14.4. The Morgan fingerprint density at radius 1 is 1.42 bits per heavy atom. The van der Waals surface area contributed by atoms with Crippen LogP contribution in [0.2, 0.25) is 0 Å². The molecule has 0 bridgehead atoms. The minimum absolute atomic E-state index is 0.206. The molecule has 1 aromatic rings. The fourth-order valence-electron chi connectivity index (χ4n) is 1.51. The van der Waals surface area contributed by atoms with Crippen molar-refractivity contribution in [2.24, 2.45) is 17.4 Å². The maximum absolute atomic E-state index is 13.2. The average molecular weight is 267 g/mol. The van der Waals surface area contributed by atoms with Crippen LogP contribution in [0.15, 0.2) is 18.2 Å². The van der Waals surface area contributed by atoms with Gasteiger partial charge in [-0.05, 0) is 37.1 Å². The van der Waals surface area contributed by atoms with Gasteiger partial charge in [0.05, 0.1) is 5.56 Å². The Balaban J connectivity index is 2.64. The summed E-state index contributed by atoms with van der Waals surface area (Å²) >= 11 is 0. The summed E-state index contributed by atoms with van der Waals surface area (Å²) in [5.74, 6) is -1.52. The van der Waals surface area contributed by atoms with E-state index in [0.29, 0.717) is 25.1 Å². The summed E-state index contributed by atoms with van der Waals surface area (Å²) in [5.41, 5.74) is 10.6. The molecule has 1 atom stereocenters. The number of rotatable bonds is 6. The van der Waals surface area contributed by atoms with Crippen LogP contribution in [0.4, 0.5) is 10.1 Å². The molecular formula is C13H18FN3O2. The molecule has 0 saturated carbocycles. The van der Waals surface area contributed by atoms with Gasteiger partial charge in [0.15, 0.2) is 0 Å². The smallest absolute Gasteiger partial charge is 0.251 e. The van der Waals surface area contributed by atoms with Crippen molar-refractivity contribution in [2.75, 3.05) is 11.9 Å². The number of carbonyl (C=O) groups excluding carboxylic acids is 2. The average Bonchev–Trinajstić information content (AvgIpc) is 2.37. The summed E-state index contributed by atoms with van der Waals surface area (Å²) in [5, 5.41) is 2.59. The van der Waals surface area contributed by atoms with Crippen LogP contribution in [0.5, 0.6) is 0 Å². The van der Waals surface area contributed by atoms with E-state index in [1.54, 1.807) is 0 Å². The molecule has 0 heterocycles. The SMILES string of the molecule is CC(CN)CCC(=O)Nc1ccc(F)c(C(N)=O)c1. The summed E-state index contributed by atoms with van der Waals surface area (Å²) < 4.78 is 13.2. The van der Waals surface area contributed by atoms with Crippen molar-refractivity contribution >= 4 is 17.5 Å². The Labute approximate surface area is 111 Å². The van der Waals surface area contributed by atoms with Crippen molar-refractivity contribution in [1.82, 2.24) is 0 Å². The Hall–Kier alpha value is -1.95. The lowest BCUT2D eigenvalue weighted by molar-refractivity contribution is -0.116. The normalized spacial score (nSPS) is 11.9. The molecule has 6 heteroatoms. The first-order valence-electron chi connectivity index (χ1n) is 6.03. The standard InChI is InChI=1S/C13H18FN3O2/c1-8(7-15)2-5-12(18)17-9-3-4-11(14)10(6-9)13(16)19/h3-4,6,8H,2,5,7,15H2,1H3,(H2,16,19)(H,17,18). The Morgan fingerprint density at radius 3 is 2.68 bits per heavy atom. The van der Waals surface area contributed by atoms with Gasteiger partial charge in [0, 0.05) is 12.1 Å². The molecule has 0 saturated heterocycles. The van der Waals surface area contributed by atoms with Crippen molar-refractivity contribution in [3.8, 4) is 0 Å². The number of hydrogen-bond acceptors (Lipinski definition) is 3. The molecule has 5 N–H and O–H groups in total. The minimum atomic E-state index is -0.870. The molecule has 104 valence electrons. The van der Waals surface area contributed by atoms with Crippen LogP contribution in [-0.2, 0) is 4.79 Å². The Bertz CT molecular complexity index is 477. The zero-order valence-corrected chi connectivity index (χ0v) is 10.8. The highest BCUT2D eigenvalue weighted by Crippen LogP contribution is 2.15. The van der Waals surface area contributed by atoms with Gasteiger partial charge in [0.1, 0.15) is 5.82 Å². The molecule has 1 unspecified atom stereocenters. The highest BCUT2D eigenvalue weighted by molar-refractivity contribution is 5.96. The van der Waals surface area contributed by atoms with Gasteiger partial charge in [-0.25, -0.2) is 4.39 Å². The second kappa shape index (κ2) is 6.84. The van der Waals surface area contributed by atoms with E-state index in [9.17, 15) is 14.0 Å². The summed E-state index contributed by atoms with van der Waals surface area (Å²) in [6.45, 7) is 2.48. The van der Waals surface area contributed by atoms with E-state index < -0.39 is 11.7 Å². The van der Waals surface area contributed by atoms with Crippen molar-refractivity contribution in [3.63, 3.8) is 0 Å². The van der Waals surface area contributed by atoms with Crippen molar-refractivity contribution in [1.29, 1.82) is 0 Å². The van der Waals surface area contributed by atoms with Gasteiger partial charge in [-0.15, -0.1) is 0 Å². The van der Waals surface area contributed by atoms with Gasteiger partial charge in [-0.1, -0.05) is 6.92 Å². The fourth-order valence-corrected chi connectivity index (χ4v) is 1.51. The van der Waals surface area contributed by atoms with Crippen LogP contribution >= 0.6 is 0 Å². The molecule has 0 fully saturated rings. The minimum Gasteiger partial charge on any atom is -0.366 e. The molecule has 0 aliphatic carbocycles. The van der Waals surface area contributed by atoms with Crippen LogP contribution in [0.3, 0.4) is 0 Å². The second-order valence-corrected chi connectivity index (χ2v) is 4.49.